The third-order valence-electron chi connectivity index (χ3n) is 3.36. The molecule has 1 heterocycles. The van der Waals surface area contributed by atoms with E-state index in [1.54, 1.807) is 12.1 Å². The first-order valence-electron chi connectivity index (χ1n) is 7.94. The summed E-state index contributed by atoms with van der Waals surface area (Å²) in [5, 5.41) is 0.350. The second kappa shape index (κ2) is 9.78. The van der Waals surface area contributed by atoms with Crippen molar-refractivity contribution >= 4 is 17.6 Å². The van der Waals surface area contributed by atoms with Crippen LogP contribution in [0.3, 0.4) is 0 Å². The van der Waals surface area contributed by atoms with Gasteiger partial charge in [0.15, 0.2) is 0 Å². The predicted molar refractivity (Wildman–Crippen MR) is 86.9 cm³/mol. The number of esters is 1. The maximum Gasteiger partial charge on any atom is 0.338 e. The molecule has 0 N–H and O–H groups in total. The number of aromatic nitrogens is 1. The number of aryl methyl sites for hydroxylation is 1. The fraction of sp³-hybridized carbons (Fsp3) is 0.647. The van der Waals surface area contributed by atoms with Gasteiger partial charge in [-0.1, -0.05) is 51.1 Å². The van der Waals surface area contributed by atoms with Crippen molar-refractivity contribution < 1.29 is 9.53 Å². The molecule has 0 spiro atoms. The van der Waals surface area contributed by atoms with Crippen LogP contribution in [0.5, 0.6) is 0 Å². The van der Waals surface area contributed by atoms with Crippen molar-refractivity contribution in [1.82, 2.24) is 4.98 Å². The third kappa shape index (κ3) is 6.94. The van der Waals surface area contributed by atoms with Crippen LogP contribution in [0.1, 0.15) is 75.3 Å². The molecule has 4 heteroatoms. The van der Waals surface area contributed by atoms with E-state index in [-0.39, 0.29) is 12.1 Å². The maximum absolute atomic E-state index is 12.1. The summed E-state index contributed by atoms with van der Waals surface area (Å²) in [6.45, 7) is 6.20. The van der Waals surface area contributed by atoms with Crippen LogP contribution in [0.15, 0.2) is 12.1 Å². The van der Waals surface area contributed by atoms with Crippen molar-refractivity contribution in [3.8, 4) is 0 Å². The zero-order valence-electron chi connectivity index (χ0n) is 13.3. The number of carbonyl (C=O) groups is 1. The first kappa shape index (κ1) is 18.0. The van der Waals surface area contributed by atoms with E-state index in [9.17, 15) is 4.79 Å². The molecule has 0 saturated carbocycles. The molecule has 118 valence electrons. The number of pyridine rings is 1. The average molecular weight is 312 g/mol. The summed E-state index contributed by atoms with van der Waals surface area (Å²) in [6, 6.07) is 3.36. The van der Waals surface area contributed by atoms with Gasteiger partial charge in [0, 0.05) is 5.69 Å². The molecule has 1 aromatic heterocycles. The Bertz CT molecular complexity index is 448. The van der Waals surface area contributed by atoms with Crippen LogP contribution in [0.25, 0.3) is 0 Å². The summed E-state index contributed by atoms with van der Waals surface area (Å²) in [5.74, 6) is -0.306. The number of ether oxygens (including phenoxy) is 1. The molecular formula is C17H26ClNO2. The molecule has 1 atom stereocenters. The van der Waals surface area contributed by atoms with Gasteiger partial charge in [-0.3, -0.25) is 0 Å². The molecule has 1 aromatic rings. The minimum Gasteiger partial charge on any atom is -0.459 e. The lowest BCUT2D eigenvalue weighted by atomic mass is 10.1. The van der Waals surface area contributed by atoms with Crippen molar-refractivity contribution in [2.75, 3.05) is 0 Å². The number of hydrogen-bond acceptors (Lipinski definition) is 3. The lowest BCUT2D eigenvalue weighted by Gasteiger charge is -2.13. The molecule has 0 saturated heterocycles. The molecule has 3 nitrogen and oxygen atoms in total. The van der Waals surface area contributed by atoms with Crippen LogP contribution in [0.2, 0.25) is 5.15 Å². The van der Waals surface area contributed by atoms with Crippen LogP contribution < -0.4 is 0 Å². The Morgan fingerprint density at radius 2 is 2.00 bits per heavy atom. The van der Waals surface area contributed by atoms with E-state index in [2.05, 4.69) is 18.8 Å². The van der Waals surface area contributed by atoms with Crippen LogP contribution in [-0.4, -0.2) is 17.1 Å². The quantitative estimate of drug-likeness (QED) is 0.357. The number of unbranched alkanes of at least 4 members (excludes halogenated alkanes) is 3. The second-order valence-electron chi connectivity index (χ2n) is 5.49. The van der Waals surface area contributed by atoms with Crippen molar-refractivity contribution in [2.45, 2.75) is 71.8 Å². The Labute approximate surface area is 133 Å². The zero-order chi connectivity index (χ0) is 15.7. The van der Waals surface area contributed by atoms with Crippen LogP contribution in [0, 0.1) is 0 Å². The minimum atomic E-state index is -0.306. The highest BCUT2D eigenvalue weighted by molar-refractivity contribution is 6.29. The second-order valence-corrected chi connectivity index (χ2v) is 5.87. The van der Waals surface area contributed by atoms with Gasteiger partial charge < -0.3 is 4.74 Å². The SMILES string of the molecule is CCCCCCC(C)OC(=O)c1cc(Cl)nc(CCC)c1. The van der Waals surface area contributed by atoms with E-state index in [1.807, 2.05) is 6.92 Å². The molecule has 0 radical (unpaired) electrons. The van der Waals surface area contributed by atoms with Crippen LogP contribution in [-0.2, 0) is 11.2 Å². The molecule has 21 heavy (non-hydrogen) atoms. The van der Waals surface area contributed by atoms with Gasteiger partial charge in [0.1, 0.15) is 5.15 Å². The highest BCUT2D eigenvalue weighted by Crippen LogP contribution is 2.15. The van der Waals surface area contributed by atoms with Crippen molar-refractivity contribution in [2.24, 2.45) is 0 Å². The van der Waals surface area contributed by atoms with Crippen molar-refractivity contribution in [3.63, 3.8) is 0 Å². The van der Waals surface area contributed by atoms with Crippen LogP contribution >= 0.6 is 11.6 Å². The Balaban J connectivity index is 2.54. The summed E-state index contributed by atoms with van der Waals surface area (Å²) in [6.07, 6.45) is 7.37. The molecule has 1 unspecified atom stereocenters. The van der Waals surface area contributed by atoms with E-state index in [0.717, 1.165) is 31.4 Å². The largest absolute Gasteiger partial charge is 0.459 e. The first-order valence-corrected chi connectivity index (χ1v) is 8.32. The number of halogens is 1. The molecule has 0 aliphatic carbocycles. The van der Waals surface area contributed by atoms with Crippen molar-refractivity contribution in [1.29, 1.82) is 0 Å². The fourth-order valence-corrected chi connectivity index (χ4v) is 2.45. The Morgan fingerprint density at radius 3 is 2.67 bits per heavy atom. The monoisotopic (exact) mass is 311 g/mol. The lowest BCUT2D eigenvalue weighted by molar-refractivity contribution is 0.0319. The van der Waals surface area contributed by atoms with Gasteiger partial charge in [-0.25, -0.2) is 9.78 Å². The Kier molecular flexibility index (Phi) is 8.36. The van der Waals surface area contributed by atoms with Gasteiger partial charge >= 0.3 is 5.97 Å². The lowest BCUT2D eigenvalue weighted by Crippen LogP contribution is -2.15. The highest BCUT2D eigenvalue weighted by atomic mass is 35.5. The van der Waals surface area contributed by atoms with E-state index < -0.39 is 0 Å². The van der Waals surface area contributed by atoms with E-state index in [1.165, 1.54) is 19.3 Å². The van der Waals surface area contributed by atoms with Gasteiger partial charge in [-0.2, -0.15) is 0 Å². The van der Waals surface area contributed by atoms with E-state index >= 15 is 0 Å². The molecular weight excluding hydrogens is 286 g/mol. The van der Waals surface area contributed by atoms with Gasteiger partial charge in [0.05, 0.1) is 11.7 Å². The normalized spacial score (nSPS) is 12.2. The Hall–Kier alpha value is -1.09. The molecule has 0 amide bonds. The average Bonchev–Trinajstić information content (AvgIpc) is 2.43. The molecule has 0 fully saturated rings. The van der Waals surface area contributed by atoms with E-state index in [4.69, 9.17) is 16.3 Å². The molecule has 0 aromatic carbocycles. The van der Waals surface area contributed by atoms with Crippen LogP contribution in [0.4, 0.5) is 0 Å². The summed E-state index contributed by atoms with van der Waals surface area (Å²) in [4.78, 5) is 16.4. The topological polar surface area (TPSA) is 39.2 Å². The molecule has 1 rings (SSSR count). The van der Waals surface area contributed by atoms with Crippen molar-refractivity contribution in [3.05, 3.63) is 28.5 Å². The fourth-order valence-electron chi connectivity index (χ4n) is 2.22. The van der Waals surface area contributed by atoms with Gasteiger partial charge in [0.25, 0.3) is 0 Å². The number of hydrogen-bond donors (Lipinski definition) is 0. The predicted octanol–water partition coefficient (Wildman–Crippen LogP) is 5.20. The zero-order valence-corrected chi connectivity index (χ0v) is 14.1. The molecule has 0 bridgehead atoms. The number of rotatable bonds is 9. The minimum absolute atomic E-state index is 0.0593. The summed E-state index contributed by atoms with van der Waals surface area (Å²) in [5.41, 5.74) is 1.34. The first-order chi connectivity index (χ1) is 10.1. The number of nitrogens with zero attached hydrogens (tertiary/aromatic N) is 1. The number of carbonyl (C=O) groups excluding carboxylic acids is 1. The Morgan fingerprint density at radius 1 is 1.24 bits per heavy atom. The summed E-state index contributed by atoms with van der Waals surface area (Å²) >= 11 is 5.97. The molecule has 0 aliphatic heterocycles. The summed E-state index contributed by atoms with van der Waals surface area (Å²) < 4.78 is 5.48. The van der Waals surface area contributed by atoms with Gasteiger partial charge in [-0.05, 0) is 38.3 Å². The van der Waals surface area contributed by atoms with Gasteiger partial charge in [-0.15, -0.1) is 0 Å². The smallest absolute Gasteiger partial charge is 0.338 e. The van der Waals surface area contributed by atoms with Gasteiger partial charge in [0.2, 0.25) is 0 Å². The molecule has 0 aliphatic rings. The maximum atomic E-state index is 12.1. The third-order valence-corrected chi connectivity index (χ3v) is 3.56. The highest BCUT2D eigenvalue weighted by Gasteiger charge is 2.14. The van der Waals surface area contributed by atoms with E-state index in [0.29, 0.717) is 10.7 Å². The summed E-state index contributed by atoms with van der Waals surface area (Å²) in [7, 11) is 0. The standard InChI is InChI=1S/C17H26ClNO2/c1-4-6-7-8-10-13(3)21-17(20)14-11-15(9-5-2)19-16(18)12-14/h11-13H,4-10H2,1-3H3.